The summed E-state index contributed by atoms with van der Waals surface area (Å²) < 4.78 is 1.89. The highest BCUT2D eigenvalue weighted by molar-refractivity contribution is 8.00. The van der Waals surface area contributed by atoms with Crippen LogP contribution < -0.4 is 10.2 Å². The molecule has 1 aromatic heterocycles. The van der Waals surface area contributed by atoms with Crippen molar-refractivity contribution < 1.29 is 4.79 Å². The van der Waals surface area contributed by atoms with E-state index in [2.05, 4.69) is 32.5 Å². The predicted octanol–water partition coefficient (Wildman–Crippen LogP) is 5.25. The fraction of sp³-hybridized carbons (Fsp3) is 0.348. The molecule has 8 heteroatoms. The van der Waals surface area contributed by atoms with Crippen molar-refractivity contribution in [2.24, 2.45) is 7.05 Å². The first-order valence-corrected chi connectivity index (χ1v) is 11.7. The van der Waals surface area contributed by atoms with Crippen molar-refractivity contribution in [1.82, 2.24) is 14.8 Å². The lowest BCUT2D eigenvalue weighted by atomic mass is 10.1. The molecule has 1 aliphatic rings. The lowest BCUT2D eigenvalue weighted by molar-refractivity contribution is -0.115. The van der Waals surface area contributed by atoms with E-state index in [1.54, 1.807) is 0 Å². The molecule has 6 nitrogen and oxygen atoms in total. The summed E-state index contributed by atoms with van der Waals surface area (Å²) in [7, 11) is 1.90. The van der Waals surface area contributed by atoms with E-state index in [-0.39, 0.29) is 11.2 Å². The van der Waals surface area contributed by atoms with Gasteiger partial charge in [0.15, 0.2) is 11.0 Å². The highest BCUT2D eigenvalue weighted by atomic mass is 35.5. The first-order valence-electron chi connectivity index (χ1n) is 10.5. The molecule has 31 heavy (non-hydrogen) atoms. The van der Waals surface area contributed by atoms with Crippen LogP contribution in [0, 0.1) is 0 Å². The monoisotopic (exact) mass is 455 g/mol. The van der Waals surface area contributed by atoms with Crippen LogP contribution in [0.3, 0.4) is 0 Å². The highest BCUT2D eigenvalue weighted by Crippen LogP contribution is 2.27. The Labute approximate surface area is 192 Å². The molecule has 1 unspecified atom stereocenters. The molecule has 1 saturated heterocycles. The second kappa shape index (κ2) is 9.75. The average Bonchev–Trinajstić information content (AvgIpc) is 3.15. The summed E-state index contributed by atoms with van der Waals surface area (Å²) in [5.74, 6) is 0.673. The zero-order valence-corrected chi connectivity index (χ0v) is 19.3. The van der Waals surface area contributed by atoms with E-state index < -0.39 is 0 Å². The topological polar surface area (TPSA) is 63.1 Å². The molecule has 4 rings (SSSR count). The van der Waals surface area contributed by atoms with Crippen molar-refractivity contribution in [2.45, 2.75) is 36.6 Å². The van der Waals surface area contributed by atoms with Crippen LogP contribution in [-0.4, -0.2) is 39.0 Å². The number of carbonyl (C=O) groups excluding carboxylic acids is 1. The number of benzene rings is 2. The first kappa shape index (κ1) is 21.7. The van der Waals surface area contributed by atoms with Crippen LogP contribution in [0.4, 0.5) is 11.4 Å². The Hall–Kier alpha value is -2.51. The Morgan fingerprint density at radius 2 is 1.71 bits per heavy atom. The van der Waals surface area contributed by atoms with Crippen LogP contribution in [0.5, 0.6) is 0 Å². The van der Waals surface area contributed by atoms with Crippen LogP contribution in [-0.2, 0) is 11.8 Å². The van der Waals surface area contributed by atoms with Crippen LogP contribution in [0.25, 0.3) is 11.4 Å². The molecule has 0 saturated carbocycles. The van der Waals surface area contributed by atoms with Crippen molar-refractivity contribution in [3.63, 3.8) is 0 Å². The Balaban J connectivity index is 1.37. The number of hydrogen-bond donors (Lipinski definition) is 1. The van der Waals surface area contributed by atoms with Crippen molar-refractivity contribution in [3.8, 4) is 11.4 Å². The summed E-state index contributed by atoms with van der Waals surface area (Å²) in [6, 6.07) is 15.6. The van der Waals surface area contributed by atoms with Gasteiger partial charge < -0.3 is 14.8 Å². The van der Waals surface area contributed by atoms with Gasteiger partial charge in [0.25, 0.3) is 0 Å². The lowest BCUT2D eigenvalue weighted by Crippen LogP contribution is -2.29. The summed E-state index contributed by atoms with van der Waals surface area (Å²) >= 11 is 7.35. The number of nitrogens with one attached hydrogen (secondary N) is 1. The minimum absolute atomic E-state index is 0.0632. The standard InChI is InChI=1S/C23H26ClN5OS/c1-16(31-23-27-26-21(28(23)2)17-6-8-18(24)9-7-17)22(30)25-19-10-12-20(13-11-19)29-14-4-3-5-15-29/h6-13,16H,3-5,14-15H2,1-2H3,(H,25,30). The minimum atomic E-state index is -0.317. The van der Waals surface area contributed by atoms with E-state index in [0.717, 1.165) is 30.2 Å². The van der Waals surface area contributed by atoms with Crippen LogP contribution >= 0.6 is 23.4 Å². The van der Waals surface area contributed by atoms with Gasteiger partial charge in [0.2, 0.25) is 5.91 Å². The summed E-state index contributed by atoms with van der Waals surface area (Å²) in [5, 5.41) is 12.6. The van der Waals surface area contributed by atoms with Crippen molar-refractivity contribution >= 4 is 40.6 Å². The molecule has 2 heterocycles. The molecular formula is C23H26ClN5OS. The summed E-state index contributed by atoms with van der Waals surface area (Å²) in [5.41, 5.74) is 2.95. The number of thioether (sulfide) groups is 1. The number of aromatic nitrogens is 3. The molecule has 1 fully saturated rings. The van der Waals surface area contributed by atoms with Crippen LogP contribution in [0.1, 0.15) is 26.2 Å². The number of carbonyl (C=O) groups is 1. The number of hydrogen-bond acceptors (Lipinski definition) is 5. The van der Waals surface area contributed by atoms with Gasteiger partial charge in [0.05, 0.1) is 5.25 Å². The molecular weight excluding hydrogens is 430 g/mol. The number of piperidine rings is 1. The van der Waals surface area contributed by atoms with Gasteiger partial charge >= 0.3 is 0 Å². The fourth-order valence-electron chi connectivity index (χ4n) is 3.63. The maximum atomic E-state index is 12.7. The molecule has 0 spiro atoms. The smallest absolute Gasteiger partial charge is 0.237 e. The number of amides is 1. The molecule has 1 amide bonds. The molecule has 0 aliphatic carbocycles. The molecule has 1 aliphatic heterocycles. The van der Waals surface area contributed by atoms with Gasteiger partial charge in [0.1, 0.15) is 0 Å². The third-order valence-electron chi connectivity index (χ3n) is 5.44. The van der Waals surface area contributed by atoms with Gasteiger partial charge in [-0.25, -0.2) is 0 Å². The average molecular weight is 456 g/mol. The molecule has 1 N–H and O–H groups in total. The van der Waals surface area contributed by atoms with Gasteiger partial charge in [-0.3, -0.25) is 4.79 Å². The summed E-state index contributed by atoms with van der Waals surface area (Å²) in [6.07, 6.45) is 3.80. The molecule has 0 bridgehead atoms. The second-order valence-corrected chi connectivity index (χ2v) is 9.46. The van der Waals surface area contributed by atoms with Gasteiger partial charge in [-0.15, -0.1) is 10.2 Å². The zero-order valence-electron chi connectivity index (χ0n) is 17.7. The largest absolute Gasteiger partial charge is 0.372 e. The van der Waals surface area contributed by atoms with Crippen molar-refractivity contribution in [3.05, 3.63) is 53.6 Å². The Bertz CT molecular complexity index is 1030. The lowest BCUT2D eigenvalue weighted by Gasteiger charge is -2.28. The number of halogens is 1. The minimum Gasteiger partial charge on any atom is -0.372 e. The van der Waals surface area contributed by atoms with Crippen LogP contribution in [0.15, 0.2) is 53.7 Å². The zero-order chi connectivity index (χ0) is 21.8. The summed E-state index contributed by atoms with van der Waals surface area (Å²) in [4.78, 5) is 15.1. The summed E-state index contributed by atoms with van der Waals surface area (Å²) in [6.45, 7) is 4.09. The maximum absolute atomic E-state index is 12.7. The van der Waals surface area contributed by atoms with E-state index in [1.165, 1.54) is 36.7 Å². The molecule has 3 aromatic rings. The van der Waals surface area contributed by atoms with Gasteiger partial charge in [0, 0.05) is 42.1 Å². The van der Waals surface area contributed by atoms with Crippen LogP contribution in [0.2, 0.25) is 5.02 Å². The first-order chi connectivity index (χ1) is 15.0. The number of rotatable bonds is 6. The Morgan fingerprint density at radius 1 is 1.03 bits per heavy atom. The SMILES string of the molecule is CC(Sc1nnc(-c2ccc(Cl)cc2)n1C)C(=O)Nc1ccc(N2CCCCC2)cc1. The normalized spacial score (nSPS) is 15.0. The van der Waals surface area contributed by atoms with Crippen molar-refractivity contribution in [1.29, 1.82) is 0 Å². The third-order valence-corrected chi connectivity index (χ3v) is 6.83. The molecule has 2 aromatic carbocycles. The fourth-order valence-corrected chi connectivity index (χ4v) is 4.57. The van der Waals surface area contributed by atoms with Gasteiger partial charge in [-0.1, -0.05) is 23.4 Å². The Morgan fingerprint density at radius 3 is 2.39 bits per heavy atom. The molecule has 1 atom stereocenters. The van der Waals surface area contributed by atoms with E-state index in [1.807, 2.05) is 54.9 Å². The second-order valence-electron chi connectivity index (χ2n) is 7.72. The quantitative estimate of drug-likeness (QED) is 0.514. The Kier molecular flexibility index (Phi) is 6.83. The predicted molar refractivity (Wildman–Crippen MR) is 128 cm³/mol. The van der Waals surface area contributed by atoms with E-state index in [4.69, 9.17) is 11.6 Å². The maximum Gasteiger partial charge on any atom is 0.237 e. The number of anilines is 2. The van der Waals surface area contributed by atoms with E-state index >= 15 is 0 Å². The third kappa shape index (κ3) is 5.22. The van der Waals surface area contributed by atoms with Gasteiger partial charge in [-0.2, -0.15) is 0 Å². The molecule has 162 valence electrons. The highest BCUT2D eigenvalue weighted by Gasteiger charge is 2.20. The molecule has 0 radical (unpaired) electrons. The van der Waals surface area contributed by atoms with E-state index in [0.29, 0.717) is 10.2 Å². The van der Waals surface area contributed by atoms with E-state index in [9.17, 15) is 4.79 Å². The number of nitrogens with zero attached hydrogens (tertiary/aromatic N) is 4. The van der Waals surface area contributed by atoms with Gasteiger partial charge in [-0.05, 0) is 74.7 Å². The van der Waals surface area contributed by atoms with Crippen molar-refractivity contribution in [2.75, 3.05) is 23.3 Å².